The largest absolute Gasteiger partial charge is 0.464 e. The Morgan fingerprint density at radius 2 is 2.06 bits per heavy atom. The highest BCUT2D eigenvalue weighted by Crippen LogP contribution is 2.09. The first-order chi connectivity index (χ1) is 8.74. The second-order valence-electron chi connectivity index (χ2n) is 4.67. The van der Waals surface area contributed by atoms with Crippen LogP contribution in [0, 0.1) is 0 Å². The molecule has 4 nitrogen and oxygen atoms in total. The van der Waals surface area contributed by atoms with Crippen molar-refractivity contribution in [3.63, 3.8) is 0 Å². The minimum Gasteiger partial charge on any atom is -0.464 e. The summed E-state index contributed by atoms with van der Waals surface area (Å²) in [5.74, 6) is -0.335. The number of carbonyl (C=O) groups excluding carboxylic acids is 2. The molecule has 1 N–H and O–H groups in total. The van der Waals surface area contributed by atoms with E-state index in [1.807, 2.05) is 6.08 Å². The van der Waals surface area contributed by atoms with Crippen LogP contribution in [0.5, 0.6) is 0 Å². The van der Waals surface area contributed by atoms with Gasteiger partial charge in [-0.2, -0.15) is 0 Å². The van der Waals surface area contributed by atoms with Gasteiger partial charge in [-0.25, -0.2) is 4.79 Å². The third-order valence-corrected chi connectivity index (χ3v) is 3.08. The summed E-state index contributed by atoms with van der Waals surface area (Å²) in [7, 11) is 0. The van der Waals surface area contributed by atoms with Crippen LogP contribution in [0.4, 0.5) is 0 Å². The Labute approximate surface area is 109 Å². The maximum Gasteiger partial charge on any atom is 0.328 e. The van der Waals surface area contributed by atoms with Gasteiger partial charge in [0.15, 0.2) is 0 Å². The van der Waals surface area contributed by atoms with Crippen molar-refractivity contribution in [1.29, 1.82) is 0 Å². The molecule has 0 saturated carbocycles. The van der Waals surface area contributed by atoms with Crippen LogP contribution >= 0.6 is 0 Å². The summed E-state index contributed by atoms with van der Waals surface area (Å²) in [5.41, 5.74) is 0. The van der Waals surface area contributed by atoms with Gasteiger partial charge in [-0.15, -0.1) is 6.58 Å². The van der Waals surface area contributed by atoms with Gasteiger partial charge in [0.1, 0.15) is 6.04 Å². The van der Waals surface area contributed by atoms with Gasteiger partial charge < -0.3 is 10.1 Å². The first-order valence-electron chi connectivity index (χ1n) is 6.81. The molecule has 0 aromatic rings. The monoisotopic (exact) mass is 253 g/mol. The van der Waals surface area contributed by atoms with Crippen molar-refractivity contribution < 1.29 is 14.3 Å². The molecule has 1 atom stereocenters. The van der Waals surface area contributed by atoms with E-state index >= 15 is 0 Å². The molecule has 1 saturated heterocycles. The Hall–Kier alpha value is -1.32. The third-order valence-electron chi connectivity index (χ3n) is 3.08. The molecule has 1 heterocycles. The Kier molecular flexibility index (Phi) is 7.14. The quantitative estimate of drug-likeness (QED) is 0.390. The number of hydrogen-bond donors (Lipinski definition) is 1. The molecule has 102 valence electrons. The van der Waals surface area contributed by atoms with Crippen LogP contribution in [-0.4, -0.2) is 24.5 Å². The minimum atomic E-state index is -0.412. The van der Waals surface area contributed by atoms with Crippen LogP contribution in [0.1, 0.15) is 51.4 Å². The van der Waals surface area contributed by atoms with E-state index in [1.54, 1.807) is 0 Å². The number of rotatable bonds is 9. The lowest BCUT2D eigenvalue weighted by atomic mass is 10.1. The number of esters is 1. The van der Waals surface area contributed by atoms with E-state index in [9.17, 15) is 9.59 Å². The lowest BCUT2D eigenvalue weighted by Crippen LogP contribution is -2.37. The van der Waals surface area contributed by atoms with Gasteiger partial charge in [-0.05, 0) is 19.3 Å². The Morgan fingerprint density at radius 1 is 1.33 bits per heavy atom. The predicted octanol–water partition coefficient (Wildman–Crippen LogP) is 2.33. The van der Waals surface area contributed by atoms with E-state index in [2.05, 4.69) is 11.9 Å². The van der Waals surface area contributed by atoms with E-state index < -0.39 is 6.04 Å². The third kappa shape index (κ3) is 5.84. The number of carbonyl (C=O) groups is 2. The van der Waals surface area contributed by atoms with Crippen LogP contribution in [0.15, 0.2) is 12.7 Å². The highest BCUT2D eigenvalue weighted by molar-refractivity contribution is 5.85. The zero-order valence-electron chi connectivity index (χ0n) is 11.0. The van der Waals surface area contributed by atoms with Crippen LogP contribution < -0.4 is 5.32 Å². The molecule has 0 radical (unpaired) electrons. The van der Waals surface area contributed by atoms with Crippen LogP contribution in [0.2, 0.25) is 0 Å². The first-order valence-corrected chi connectivity index (χ1v) is 6.81. The zero-order chi connectivity index (χ0) is 13.2. The van der Waals surface area contributed by atoms with E-state index in [0.29, 0.717) is 19.4 Å². The number of cyclic esters (lactones) is 1. The second kappa shape index (κ2) is 8.72. The first kappa shape index (κ1) is 14.7. The summed E-state index contributed by atoms with van der Waals surface area (Å²) in [4.78, 5) is 22.7. The summed E-state index contributed by atoms with van der Waals surface area (Å²) in [6.07, 6.45) is 9.62. The van der Waals surface area contributed by atoms with E-state index in [4.69, 9.17) is 4.74 Å². The number of amides is 1. The molecule has 1 rings (SSSR count). The fourth-order valence-corrected chi connectivity index (χ4v) is 2.00. The fraction of sp³-hybridized carbons (Fsp3) is 0.714. The molecule has 0 unspecified atom stereocenters. The maximum atomic E-state index is 11.5. The highest BCUT2D eigenvalue weighted by atomic mass is 16.5. The van der Waals surface area contributed by atoms with E-state index in [0.717, 1.165) is 25.7 Å². The molecule has 0 spiro atoms. The lowest BCUT2D eigenvalue weighted by molar-refractivity contribution is -0.141. The average Bonchev–Trinajstić information content (AvgIpc) is 2.74. The van der Waals surface area contributed by atoms with Gasteiger partial charge in [0.2, 0.25) is 5.91 Å². The molecule has 1 aliphatic rings. The Balaban J connectivity index is 1.96. The van der Waals surface area contributed by atoms with Crippen LogP contribution in [0.3, 0.4) is 0 Å². The second-order valence-corrected chi connectivity index (χ2v) is 4.67. The molecule has 0 aromatic heterocycles. The fourth-order valence-electron chi connectivity index (χ4n) is 2.00. The maximum absolute atomic E-state index is 11.5. The average molecular weight is 253 g/mol. The molecule has 0 aliphatic carbocycles. The molecule has 0 bridgehead atoms. The SMILES string of the molecule is C=CCCCCCCCC(=O)N[C@H]1CCOC1=O. The summed E-state index contributed by atoms with van der Waals surface area (Å²) >= 11 is 0. The van der Waals surface area contributed by atoms with Crippen molar-refractivity contribution >= 4 is 11.9 Å². The van der Waals surface area contributed by atoms with Crippen molar-refractivity contribution in [3.8, 4) is 0 Å². The minimum absolute atomic E-state index is 0.0371. The van der Waals surface area contributed by atoms with Gasteiger partial charge >= 0.3 is 5.97 Å². The van der Waals surface area contributed by atoms with Crippen molar-refractivity contribution in [2.24, 2.45) is 0 Å². The molecule has 18 heavy (non-hydrogen) atoms. The molecule has 1 aliphatic heterocycles. The molecule has 1 fully saturated rings. The predicted molar refractivity (Wildman–Crippen MR) is 70.0 cm³/mol. The van der Waals surface area contributed by atoms with Crippen molar-refractivity contribution in [3.05, 3.63) is 12.7 Å². The lowest BCUT2D eigenvalue weighted by Gasteiger charge is -2.08. The van der Waals surface area contributed by atoms with Gasteiger partial charge in [-0.3, -0.25) is 4.79 Å². The van der Waals surface area contributed by atoms with E-state index in [-0.39, 0.29) is 11.9 Å². The Morgan fingerprint density at radius 3 is 2.72 bits per heavy atom. The molecule has 0 aromatic carbocycles. The van der Waals surface area contributed by atoms with Crippen LogP contribution in [0.25, 0.3) is 0 Å². The summed E-state index contributed by atoms with van der Waals surface area (Å²) < 4.78 is 4.79. The molecular weight excluding hydrogens is 230 g/mol. The van der Waals surface area contributed by atoms with Gasteiger partial charge in [0, 0.05) is 12.8 Å². The molecule has 4 heteroatoms. The number of nitrogens with one attached hydrogen (secondary N) is 1. The topological polar surface area (TPSA) is 55.4 Å². The standard InChI is InChI=1S/C14H23NO3/c1-2-3-4-5-6-7-8-9-13(16)15-12-10-11-18-14(12)17/h2,12H,1,3-11H2,(H,15,16)/t12-/m0/s1. The van der Waals surface area contributed by atoms with Gasteiger partial charge in [0.25, 0.3) is 0 Å². The number of unbranched alkanes of at least 4 members (excludes halogenated alkanes) is 5. The van der Waals surface area contributed by atoms with Crippen molar-refractivity contribution in [2.45, 2.75) is 57.4 Å². The zero-order valence-corrected chi connectivity index (χ0v) is 11.0. The summed E-state index contributed by atoms with van der Waals surface area (Å²) in [6.45, 7) is 4.11. The number of hydrogen-bond acceptors (Lipinski definition) is 3. The van der Waals surface area contributed by atoms with Gasteiger partial charge in [-0.1, -0.05) is 25.3 Å². The van der Waals surface area contributed by atoms with Crippen molar-refractivity contribution in [1.82, 2.24) is 5.32 Å². The Bertz CT molecular complexity index is 289. The van der Waals surface area contributed by atoms with Crippen molar-refractivity contribution in [2.75, 3.05) is 6.61 Å². The summed E-state index contributed by atoms with van der Waals surface area (Å²) in [5, 5.41) is 2.71. The van der Waals surface area contributed by atoms with Crippen LogP contribution in [-0.2, 0) is 14.3 Å². The highest BCUT2D eigenvalue weighted by Gasteiger charge is 2.27. The van der Waals surface area contributed by atoms with E-state index in [1.165, 1.54) is 12.8 Å². The number of allylic oxidation sites excluding steroid dienone is 1. The molecular formula is C14H23NO3. The number of ether oxygens (including phenoxy) is 1. The summed E-state index contributed by atoms with van der Waals surface area (Å²) in [6, 6.07) is -0.412. The van der Waals surface area contributed by atoms with Gasteiger partial charge in [0.05, 0.1) is 6.61 Å². The molecule has 1 amide bonds. The smallest absolute Gasteiger partial charge is 0.328 e. The normalized spacial score (nSPS) is 18.4.